The molecule has 1 saturated heterocycles. The third-order valence-electron chi connectivity index (χ3n) is 3.68. The summed E-state index contributed by atoms with van der Waals surface area (Å²) in [5, 5.41) is 27.7. The number of rotatable bonds is 5. The van der Waals surface area contributed by atoms with Crippen molar-refractivity contribution >= 4 is 11.9 Å². The molecule has 1 aliphatic heterocycles. The summed E-state index contributed by atoms with van der Waals surface area (Å²) in [6.45, 7) is 0.0923. The van der Waals surface area contributed by atoms with Gasteiger partial charge in [0.15, 0.2) is 0 Å². The van der Waals surface area contributed by atoms with Crippen molar-refractivity contribution in [3.05, 3.63) is 29.8 Å². The molecule has 1 heterocycles. The first kappa shape index (κ1) is 15.3. The number of carbonyl (C=O) groups excluding carboxylic acids is 1. The number of aromatic hydroxyl groups is 1. The van der Waals surface area contributed by atoms with Gasteiger partial charge in [0.2, 0.25) is 5.91 Å². The molecule has 114 valence electrons. The van der Waals surface area contributed by atoms with Crippen molar-refractivity contribution in [2.24, 2.45) is 0 Å². The second-order valence-corrected chi connectivity index (χ2v) is 5.31. The Hall–Kier alpha value is -2.08. The molecule has 3 N–H and O–H groups in total. The van der Waals surface area contributed by atoms with Crippen LogP contribution in [-0.4, -0.2) is 50.8 Å². The van der Waals surface area contributed by atoms with E-state index in [0.717, 1.165) is 5.56 Å². The number of amides is 1. The number of nitrogens with zero attached hydrogens (tertiary/aromatic N) is 1. The summed E-state index contributed by atoms with van der Waals surface area (Å²) in [5.41, 5.74) is 1.01. The van der Waals surface area contributed by atoms with Crippen molar-refractivity contribution in [2.45, 2.75) is 37.8 Å². The largest absolute Gasteiger partial charge is 0.508 e. The van der Waals surface area contributed by atoms with E-state index in [1.165, 1.54) is 4.90 Å². The molecule has 0 spiro atoms. The van der Waals surface area contributed by atoms with E-state index in [9.17, 15) is 19.8 Å². The Morgan fingerprint density at radius 2 is 1.90 bits per heavy atom. The van der Waals surface area contributed by atoms with E-state index in [1.54, 1.807) is 24.3 Å². The molecule has 6 nitrogen and oxygen atoms in total. The first-order valence-electron chi connectivity index (χ1n) is 6.95. The van der Waals surface area contributed by atoms with Gasteiger partial charge in [-0.1, -0.05) is 12.1 Å². The molecule has 0 aliphatic carbocycles. The molecule has 2 rings (SSSR count). The number of aliphatic hydroxyl groups is 1. The molecular formula is C15H19NO5. The Balaban J connectivity index is 1.84. The van der Waals surface area contributed by atoms with Gasteiger partial charge in [0, 0.05) is 19.4 Å². The molecule has 6 heteroatoms. The summed E-state index contributed by atoms with van der Waals surface area (Å²) >= 11 is 0. The van der Waals surface area contributed by atoms with Gasteiger partial charge < -0.3 is 20.2 Å². The highest BCUT2D eigenvalue weighted by molar-refractivity contribution is 5.84. The number of aliphatic carboxylic acids is 1. The predicted molar refractivity (Wildman–Crippen MR) is 74.8 cm³/mol. The molecule has 1 fully saturated rings. The number of carbonyl (C=O) groups is 2. The second-order valence-electron chi connectivity index (χ2n) is 5.31. The lowest BCUT2D eigenvalue weighted by molar-refractivity contribution is -0.148. The van der Waals surface area contributed by atoms with E-state index in [-0.39, 0.29) is 31.0 Å². The first-order chi connectivity index (χ1) is 9.97. The summed E-state index contributed by atoms with van der Waals surface area (Å²) < 4.78 is 0. The number of aryl methyl sites for hydroxylation is 1. The zero-order chi connectivity index (χ0) is 15.4. The van der Waals surface area contributed by atoms with Gasteiger partial charge in [-0.25, -0.2) is 4.79 Å². The molecule has 1 aliphatic rings. The molecule has 0 saturated carbocycles. The number of hydrogen-bond donors (Lipinski definition) is 3. The van der Waals surface area contributed by atoms with Gasteiger partial charge in [-0.05, 0) is 30.5 Å². The summed E-state index contributed by atoms with van der Waals surface area (Å²) in [4.78, 5) is 24.4. The van der Waals surface area contributed by atoms with E-state index >= 15 is 0 Å². The van der Waals surface area contributed by atoms with Crippen LogP contribution in [0.2, 0.25) is 0 Å². The van der Waals surface area contributed by atoms with Gasteiger partial charge in [-0.15, -0.1) is 0 Å². The second kappa shape index (κ2) is 6.58. The zero-order valence-corrected chi connectivity index (χ0v) is 11.6. The van der Waals surface area contributed by atoms with E-state index in [0.29, 0.717) is 12.8 Å². The average Bonchev–Trinajstić information content (AvgIpc) is 2.83. The van der Waals surface area contributed by atoms with Crippen molar-refractivity contribution in [1.82, 2.24) is 4.90 Å². The van der Waals surface area contributed by atoms with Gasteiger partial charge >= 0.3 is 5.97 Å². The van der Waals surface area contributed by atoms with Crippen LogP contribution in [0.3, 0.4) is 0 Å². The Kier molecular flexibility index (Phi) is 4.80. The predicted octanol–water partition coefficient (Wildman–Crippen LogP) is 0.761. The maximum atomic E-state index is 12.1. The SMILES string of the molecule is O=C(O)[C@H]1C[C@@H](O)CN1C(=O)CCCc1ccc(O)cc1. The quantitative estimate of drug-likeness (QED) is 0.744. The number of hydrogen-bond acceptors (Lipinski definition) is 4. The lowest BCUT2D eigenvalue weighted by atomic mass is 10.1. The number of carboxylic acids is 1. The number of phenols is 1. The number of carboxylic acid groups (broad SMARTS) is 1. The van der Waals surface area contributed by atoms with Crippen LogP contribution in [0.1, 0.15) is 24.8 Å². The molecule has 0 bridgehead atoms. The lowest BCUT2D eigenvalue weighted by Crippen LogP contribution is -2.40. The standard InChI is InChI=1S/C15H19NO5/c17-11-6-4-10(5-7-11)2-1-3-14(19)16-9-12(18)8-13(16)15(20)21/h4-7,12-13,17-18H,1-3,8-9H2,(H,20,21)/t12-,13-/m1/s1. The van der Waals surface area contributed by atoms with Gasteiger partial charge in [-0.3, -0.25) is 4.79 Å². The molecular weight excluding hydrogens is 274 g/mol. The third-order valence-corrected chi connectivity index (χ3v) is 3.68. The van der Waals surface area contributed by atoms with E-state index in [2.05, 4.69) is 0 Å². The molecule has 2 atom stereocenters. The first-order valence-corrected chi connectivity index (χ1v) is 6.95. The Morgan fingerprint density at radius 3 is 2.52 bits per heavy atom. The lowest BCUT2D eigenvalue weighted by Gasteiger charge is -2.21. The molecule has 1 aromatic carbocycles. The van der Waals surface area contributed by atoms with E-state index < -0.39 is 18.1 Å². The molecule has 1 amide bonds. The third kappa shape index (κ3) is 3.95. The summed E-state index contributed by atoms with van der Waals surface area (Å²) in [7, 11) is 0. The van der Waals surface area contributed by atoms with Crippen LogP contribution in [-0.2, 0) is 16.0 Å². The number of aliphatic hydroxyl groups excluding tert-OH is 1. The number of benzene rings is 1. The zero-order valence-electron chi connectivity index (χ0n) is 11.6. The minimum atomic E-state index is -1.07. The molecule has 21 heavy (non-hydrogen) atoms. The number of β-amino-alcohol motifs (C(OH)–C–C–N with tert-alkyl or cyclic N) is 1. The Labute approximate surface area is 122 Å². The van der Waals surface area contributed by atoms with Gasteiger partial charge in [-0.2, -0.15) is 0 Å². The van der Waals surface area contributed by atoms with Gasteiger partial charge in [0.1, 0.15) is 11.8 Å². The van der Waals surface area contributed by atoms with Crippen LogP contribution < -0.4 is 0 Å². The maximum absolute atomic E-state index is 12.1. The van der Waals surface area contributed by atoms with Gasteiger partial charge in [0.25, 0.3) is 0 Å². The minimum absolute atomic E-state index is 0.0923. The van der Waals surface area contributed by atoms with Crippen molar-refractivity contribution in [3.63, 3.8) is 0 Å². The summed E-state index contributed by atoms with van der Waals surface area (Å²) in [6, 6.07) is 5.85. The fraction of sp³-hybridized carbons (Fsp3) is 0.467. The smallest absolute Gasteiger partial charge is 0.326 e. The minimum Gasteiger partial charge on any atom is -0.508 e. The molecule has 0 unspecified atom stereocenters. The monoisotopic (exact) mass is 293 g/mol. The van der Waals surface area contributed by atoms with Crippen LogP contribution in [0, 0.1) is 0 Å². The summed E-state index contributed by atoms with van der Waals surface area (Å²) in [5.74, 6) is -1.11. The van der Waals surface area contributed by atoms with Crippen LogP contribution in [0.15, 0.2) is 24.3 Å². The van der Waals surface area contributed by atoms with Crippen molar-refractivity contribution in [3.8, 4) is 5.75 Å². The molecule has 1 aromatic rings. The van der Waals surface area contributed by atoms with E-state index in [1.807, 2.05) is 0 Å². The van der Waals surface area contributed by atoms with Crippen LogP contribution in [0.5, 0.6) is 5.75 Å². The molecule has 0 radical (unpaired) electrons. The Bertz CT molecular complexity index is 513. The maximum Gasteiger partial charge on any atom is 0.326 e. The summed E-state index contributed by atoms with van der Waals surface area (Å²) in [6.07, 6.45) is 0.867. The van der Waals surface area contributed by atoms with E-state index in [4.69, 9.17) is 5.11 Å². The highest BCUT2D eigenvalue weighted by Crippen LogP contribution is 2.20. The van der Waals surface area contributed by atoms with Crippen molar-refractivity contribution in [2.75, 3.05) is 6.54 Å². The topological polar surface area (TPSA) is 98.1 Å². The highest BCUT2D eigenvalue weighted by atomic mass is 16.4. The fourth-order valence-corrected chi connectivity index (χ4v) is 2.57. The van der Waals surface area contributed by atoms with Gasteiger partial charge in [0.05, 0.1) is 6.10 Å². The van der Waals surface area contributed by atoms with Crippen LogP contribution in [0.25, 0.3) is 0 Å². The van der Waals surface area contributed by atoms with Crippen LogP contribution in [0.4, 0.5) is 0 Å². The van der Waals surface area contributed by atoms with Crippen molar-refractivity contribution in [1.29, 1.82) is 0 Å². The normalized spacial score (nSPS) is 21.5. The highest BCUT2D eigenvalue weighted by Gasteiger charge is 2.38. The molecule has 0 aromatic heterocycles. The van der Waals surface area contributed by atoms with Crippen LogP contribution >= 0.6 is 0 Å². The Morgan fingerprint density at radius 1 is 1.24 bits per heavy atom. The number of likely N-dealkylation sites (tertiary alicyclic amines) is 1. The fourth-order valence-electron chi connectivity index (χ4n) is 2.57. The average molecular weight is 293 g/mol. The number of phenolic OH excluding ortho intramolecular Hbond substituents is 1. The van der Waals surface area contributed by atoms with Crippen molar-refractivity contribution < 1.29 is 24.9 Å².